The zero-order valence-electron chi connectivity index (χ0n) is 10.6. The predicted octanol–water partition coefficient (Wildman–Crippen LogP) is 3.74. The molecule has 0 fully saturated rings. The van der Waals surface area contributed by atoms with E-state index >= 15 is 0 Å². The van der Waals surface area contributed by atoms with Crippen LogP contribution in [0.15, 0.2) is 44.9 Å². The first-order valence-electron chi connectivity index (χ1n) is 6.21. The summed E-state index contributed by atoms with van der Waals surface area (Å²) in [4.78, 5) is 5.35. The summed E-state index contributed by atoms with van der Waals surface area (Å²) in [5.41, 5.74) is 6.61. The zero-order valence-corrected chi connectivity index (χ0v) is 13.0. The lowest BCUT2D eigenvalue weighted by molar-refractivity contribution is 0.297. The molecule has 6 heteroatoms. The van der Waals surface area contributed by atoms with Gasteiger partial charge in [-0.05, 0) is 40.2 Å². The minimum Gasteiger partial charge on any atom is -0.490 e. The molecule has 1 aromatic carbocycles. The van der Waals surface area contributed by atoms with Crippen molar-refractivity contribution in [2.24, 2.45) is 0 Å². The maximum absolute atomic E-state index is 5.96. The van der Waals surface area contributed by atoms with Crippen LogP contribution in [0.2, 0.25) is 0 Å². The van der Waals surface area contributed by atoms with Gasteiger partial charge < -0.3 is 15.2 Å². The van der Waals surface area contributed by atoms with Crippen molar-refractivity contribution in [1.29, 1.82) is 0 Å². The summed E-state index contributed by atoms with van der Waals surface area (Å²) >= 11 is 4.86. The van der Waals surface area contributed by atoms with Crippen molar-refractivity contribution >= 4 is 33.4 Å². The molecule has 104 valence electrons. The number of pyridine rings is 1. The number of aromatic nitrogens is 1. The molecule has 4 nitrogen and oxygen atoms in total. The van der Waals surface area contributed by atoms with E-state index in [1.807, 2.05) is 24.3 Å². The molecule has 2 aromatic rings. The Balaban J connectivity index is 1.86. The topological polar surface area (TPSA) is 57.4 Å². The number of ether oxygens (including phenoxy) is 2. The number of nitrogens with zero attached hydrogens (tertiary/aromatic N) is 1. The number of rotatable bonds is 2. The maximum atomic E-state index is 5.96. The molecule has 0 radical (unpaired) electrons. The minimum absolute atomic E-state index is 0.650. The zero-order chi connectivity index (χ0) is 13.9. The first kappa shape index (κ1) is 13.6. The van der Waals surface area contributed by atoms with Gasteiger partial charge in [-0.15, -0.1) is 0 Å². The van der Waals surface area contributed by atoms with E-state index in [0.717, 1.165) is 32.3 Å². The van der Waals surface area contributed by atoms with Gasteiger partial charge in [0, 0.05) is 22.0 Å². The van der Waals surface area contributed by atoms with Crippen LogP contribution in [0.1, 0.15) is 6.42 Å². The molecule has 0 saturated heterocycles. The second kappa shape index (κ2) is 5.93. The van der Waals surface area contributed by atoms with E-state index in [9.17, 15) is 0 Å². The summed E-state index contributed by atoms with van der Waals surface area (Å²) in [7, 11) is 0. The van der Waals surface area contributed by atoms with E-state index in [1.165, 1.54) is 11.8 Å². The van der Waals surface area contributed by atoms with E-state index in [-0.39, 0.29) is 0 Å². The molecule has 0 saturated carbocycles. The Hall–Kier alpha value is -1.40. The van der Waals surface area contributed by atoms with Crippen LogP contribution in [0.3, 0.4) is 0 Å². The van der Waals surface area contributed by atoms with E-state index in [2.05, 4.69) is 20.9 Å². The Morgan fingerprint density at radius 1 is 1.15 bits per heavy atom. The second-order valence-electron chi connectivity index (χ2n) is 4.31. The molecular formula is C14H13BrN2O2S. The predicted molar refractivity (Wildman–Crippen MR) is 82.5 cm³/mol. The molecule has 2 heterocycles. The Bertz CT molecular complexity index is 637. The van der Waals surface area contributed by atoms with Crippen molar-refractivity contribution in [2.75, 3.05) is 18.9 Å². The summed E-state index contributed by atoms with van der Waals surface area (Å²) in [6, 6.07) is 7.73. The van der Waals surface area contributed by atoms with Gasteiger partial charge in [-0.2, -0.15) is 0 Å². The van der Waals surface area contributed by atoms with Crippen molar-refractivity contribution < 1.29 is 9.47 Å². The molecule has 0 amide bonds. The monoisotopic (exact) mass is 352 g/mol. The Morgan fingerprint density at radius 2 is 1.95 bits per heavy atom. The fraction of sp³-hybridized carbons (Fsp3) is 0.214. The van der Waals surface area contributed by atoms with Crippen LogP contribution in [0, 0.1) is 0 Å². The van der Waals surface area contributed by atoms with Crippen molar-refractivity contribution in [2.45, 2.75) is 16.3 Å². The highest BCUT2D eigenvalue weighted by Crippen LogP contribution is 2.37. The number of anilines is 1. The molecule has 0 bridgehead atoms. The molecule has 0 spiro atoms. The van der Waals surface area contributed by atoms with Gasteiger partial charge in [-0.3, -0.25) is 0 Å². The highest BCUT2D eigenvalue weighted by Gasteiger charge is 2.12. The van der Waals surface area contributed by atoms with Crippen molar-refractivity contribution in [3.8, 4) is 11.5 Å². The van der Waals surface area contributed by atoms with Gasteiger partial charge in [0.1, 0.15) is 5.03 Å². The van der Waals surface area contributed by atoms with Crippen LogP contribution in [0.25, 0.3) is 0 Å². The first-order valence-corrected chi connectivity index (χ1v) is 7.82. The Morgan fingerprint density at radius 3 is 2.75 bits per heavy atom. The summed E-state index contributed by atoms with van der Waals surface area (Å²) in [5, 5.41) is 0.780. The standard InChI is InChI=1S/C14H13BrN2O2S/c15-9-6-11(16)14(17-8-9)20-10-2-3-12-13(7-10)19-5-1-4-18-12/h2-3,6-8H,1,4-5,16H2. The normalized spacial score (nSPS) is 13.8. The van der Waals surface area contributed by atoms with Crippen molar-refractivity contribution in [3.63, 3.8) is 0 Å². The van der Waals surface area contributed by atoms with Crippen LogP contribution < -0.4 is 15.2 Å². The number of benzene rings is 1. The highest BCUT2D eigenvalue weighted by molar-refractivity contribution is 9.10. The van der Waals surface area contributed by atoms with E-state index < -0.39 is 0 Å². The minimum atomic E-state index is 0.650. The molecular weight excluding hydrogens is 340 g/mol. The lowest BCUT2D eigenvalue weighted by Gasteiger charge is -2.09. The van der Waals surface area contributed by atoms with E-state index in [1.54, 1.807) is 6.20 Å². The number of hydrogen-bond acceptors (Lipinski definition) is 5. The SMILES string of the molecule is Nc1cc(Br)cnc1Sc1ccc2c(c1)OCCCO2. The number of halogens is 1. The molecule has 0 atom stereocenters. The number of fused-ring (bicyclic) bond motifs is 1. The summed E-state index contributed by atoms with van der Waals surface area (Å²) in [6.45, 7) is 1.38. The molecule has 1 aliphatic rings. The largest absolute Gasteiger partial charge is 0.490 e. The van der Waals surface area contributed by atoms with Gasteiger partial charge in [0.25, 0.3) is 0 Å². The number of nitrogen functional groups attached to an aromatic ring is 1. The van der Waals surface area contributed by atoms with Gasteiger partial charge in [-0.25, -0.2) is 4.98 Å². The third-order valence-corrected chi connectivity index (χ3v) is 4.24. The molecule has 20 heavy (non-hydrogen) atoms. The third-order valence-electron chi connectivity index (χ3n) is 2.78. The molecule has 2 N–H and O–H groups in total. The van der Waals surface area contributed by atoms with Gasteiger partial charge in [0.2, 0.25) is 0 Å². The van der Waals surface area contributed by atoms with Crippen LogP contribution >= 0.6 is 27.7 Å². The van der Waals surface area contributed by atoms with E-state index in [0.29, 0.717) is 18.9 Å². The van der Waals surface area contributed by atoms with Gasteiger partial charge >= 0.3 is 0 Å². The molecule has 3 rings (SSSR count). The third kappa shape index (κ3) is 3.02. The summed E-state index contributed by atoms with van der Waals surface area (Å²) < 4.78 is 12.2. The van der Waals surface area contributed by atoms with Crippen LogP contribution in [0.5, 0.6) is 11.5 Å². The fourth-order valence-electron chi connectivity index (χ4n) is 1.85. The molecule has 0 unspecified atom stereocenters. The maximum Gasteiger partial charge on any atom is 0.162 e. The second-order valence-corrected chi connectivity index (χ2v) is 6.29. The highest BCUT2D eigenvalue weighted by atomic mass is 79.9. The van der Waals surface area contributed by atoms with E-state index in [4.69, 9.17) is 15.2 Å². The smallest absolute Gasteiger partial charge is 0.162 e. The summed E-state index contributed by atoms with van der Waals surface area (Å²) in [6.07, 6.45) is 2.64. The average Bonchev–Trinajstić information content (AvgIpc) is 2.66. The Labute approximate surface area is 129 Å². The van der Waals surface area contributed by atoms with Gasteiger partial charge in [0.15, 0.2) is 11.5 Å². The number of hydrogen-bond donors (Lipinski definition) is 1. The van der Waals surface area contributed by atoms with Crippen LogP contribution in [-0.4, -0.2) is 18.2 Å². The molecule has 1 aromatic heterocycles. The quantitative estimate of drug-likeness (QED) is 0.891. The van der Waals surface area contributed by atoms with Crippen molar-refractivity contribution in [1.82, 2.24) is 4.98 Å². The lowest BCUT2D eigenvalue weighted by atomic mass is 10.3. The van der Waals surface area contributed by atoms with Gasteiger partial charge in [0.05, 0.1) is 18.9 Å². The lowest BCUT2D eigenvalue weighted by Crippen LogP contribution is -1.97. The van der Waals surface area contributed by atoms with Crippen LogP contribution in [0.4, 0.5) is 5.69 Å². The fourth-order valence-corrected chi connectivity index (χ4v) is 3.00. The Kier molecular flexibility index (Phi) is 4.03. The first-order chi connectivity index (χ1) is 9.72. The van der Waals surface area contributed by atoms with Crippen molar-refractivity contribution in [3.05, 3.63) is 34.9 Å². The van der Waals surface area contributed by atoms with Gasteiger partial charge in [-0.1, -0.05) is 11.8 Å². The average molecular weight is 353 g/mol. The molecule has 1 aliphatic heterocycles. The molecule has 0 aliphatic carbocycles. The number of nitrogens with two attached hydrogens (primary N) is 1. The van der Waals surface area contributed by atoms with Crippen LogP contribution in [-0.2, 0) is 0 Å². The summed E-state index contributed by atoms with van der Waals surface area (Å²) in [5.74, 6) is 1.58.